The van der Waals surface area contributed by atoms with Crippen LogP contribution in [0.25, 0.3) is 22.6 Å². The van der Waals surface area contributed by atoms with Gasteiger partial charge in [0.25, 0.3) is 0 Å². The fourth-order valence-electron chi connectivity index (χ4n) is 2.84. The van der Waals surface area contributed by atoms with Gasteiger partial charge in [-0.3, -0.25) is 4.90 Å². The molecule has 0 aliphatic carbocycles. The van der Waals surface area contributed by atoms with Gasteiger partial charge in [0.15, 0.2) is 5.58 Å². The lowest BCUT2D eigenvalue weighted by atomic mass is 10.2. The summed E-state index contributed by atoms with van der Waals surface area (Å²) in [6, 6.07) is 13.8. The third-order valence-electron chi connectivity index (χ3n) is 4.07. The van der Waals surface area contributed by atoms with Gasteiger partial charge < -0.3 is 9.15 Å². The minimum absolute atomic E-state index is 0.564. The molecule has 1 aromatic heterocycles. The Labute approximate surface area is 139 Å². The molecule has 5 heteroatoms. The number of morpholine rings is 1. The normalized spacial score (nSPS) is 16.0. The molecule has 118 valence electrons. The van der Waals surface area contributed by atoms with Crippen LogP contribution >= 0.6 is 11.6 Å². The number of rotatable bonds is 3. The topological polar surface area (TPSA) is 38.5 Å². The molecule has 2 heterocycles. The number of benzene rings is 2. The lowest BCUT2D eigenvalue weighted by molar-refractivity contribution is 0.0342. The molecule has 4 rings (SSSR count). The number of oxazole rings is 1. The lowest BCUT2D eigenvalue weighted by Crippen LogP contribution is -2.35. The van der Waals surface area contributed by atoms with E-state index in [1.807, 2.05) is 30.3 Å². The van der Waals surface area contributed by atoms with Crippen molar-refractivity contribution in [2.24, 2.45) is 0 Å². The molecule has 0 bridgehead atoms. The summed E-state index contributed by atoms with van der Waals surface area (Å²) in [5.74, 6) is 0.564. The van der Waals surface area contributed by atoms with Crippen molar-refractivity contribution in [3.63, 3.8) is 0 Å². The zero-order valence-electron chi connectivity index (χ0n) is 12.7. The van der Waals surface area contributed by atoms with E-state index in [9.17, 15) is 0 Å². The Morgan fingerprint density at radius 3 is 2.74 bits per heavy atom. The van der Waals surface area contributed by atoms with Gasteiger partial charge in [0.1, 0.15) is 5.52 Å². The molecule has 4 nitrogen and oxygen atoms in total. The van der Waals surface area contributed by atoms with Crippen LogP contribution in [0.15, 0.2) is 46.9 Å². The Bertz CT molecular complexity index is 825. The number of ether oxygens (including phenoxy) is 1. The number of hydrogen-bond donors (Lipinski definition) is 0. The summed E-state index contributed by atoms with van der Waals surface area (Å²) < 4.78 is 11.2. The van der Waals surface area contributed by atoms with Gasteiger partial charge in [-0.2, -0.15) is 0 Å². The van der Waals surface area contributed by atoms with Crippen LogP contribution in [-0.2, 0) is 11.3 Å². The molecule has 0 saturated carbocycles. The number of nitrogens with zero attached hydrogens (tertiary/aromatic N) is 2. The fourth-order valence-corrected chi connectivity index (χ4v) is 3.06. The van der Waals surface area contributed by atoms with Gasteiger partial charge in [-0.15, -0.1) is 0 Å². The minimum Gasteiger partial charge on any atom is -0.436 e. The smallest absolute Gasteiger partial charge is 0.228 e. The quantitative estimate of drug-likeness (QED) is 0.729. The van der Waals surface area contributed by atoms with Crippen molar-refractivity contribution in [3.05, 3.63) is 53.1 Å². The summed E-state index contributed by atoms with van der Waals surface area (Å²) in [6.45, 7) is 4.47. The van der Waals surface area contributed by atoms with Gasteiger partial charge in [0, 0.05) is 19.6 Å². The summed E-state index contributed by atoms with van der Waals surface area (Å²) in [4.78, 5) is 6.99. The molecule has 0 atom stereocenters. The van der Waals surface area contributed by atoms with Gasteiger partial charge in [-0.1, -0.05) is 29.8 Å². The van der Waals surface area contributed by atoms with Crippen molar-refractivity contribution >= 4 is 22.7 Å². The minimum atomic E-state index is 0.564. The number of fused-ring (bicyclic) bond motifs is 1. The third kappa shape index (κ3) is 3.11. The van der Waals surface area contributed by atoms with E-state index < -0.39 is 0 Å². The Hall–Kier alpha value is -1.88. The van der Waals surface area contributed by atoms with E-state index in [2.05, 4.69) is 22.0 Å². The highest BCUT2D eigenvalue weighted by atomic mass is 35.5. The van der Waals surface area contributed by atoms with Crippen LogP contribution < -0.4 is 0 Å². The van der Waals surface area contributed by atoms with Gasteiger partial charge in [0.2, 0.25) is 5.89 Å². The molecular weight excluding hydrogens is 312 g/mol. The highest BCUT2D eigenvalue weighted by Crippen LogP contribution is 2.30. The standard InChI is InChI=1S/C18H17ClN2O2/c19-15-4-2-1-3-14(15)18-20-16-11-13(5-6-17(16)23-18)12-21-7-9-22-10-8-21/h1-6,11H,7-10,12H2. The molecule has 0 N–H and O–H groups in total. The van der Waals surface area contributed by atoms with Gasteiger partial charge in [-0.05, 0) is 29.8 Å². The molecule has 1 aliphatic heterocycles. The molecule has 2 aromatic carbocycles. The van der Waals surface area contributed by atoms with Crippen LogP contribution in [0.3, 0.4) is 0 Å². The third-order valence-corrected chi connectivity index (χ3v) is 4.40. The summed E-state index contributed by atoms with van der Waals surface area (Å²) in [6.07, 6.45) is 0. The molecule has 1 fully saturated rings. The first-order chi connectivity index (χ1) is 11.3. The second-order valence-corrected chi connectivity index (χ2v) is 6.10. The molecule has 0 amide bonds. The summed E-state index contributed by atoms with van der Waals surface area (Å²) in [7, 11) is 0. The van der Waals surface area contributed by atoms with Crippen LogP contribution in [0.5, 0.6) is 0 Å². The average Bonchev–Trinajstić information content (AvgIpc) is 2.99. The van der Waals surface area contributed by atoms with E-state index in [-0.39, 0.29) is 0 Å². The maximum absolute atomic E-state index is 6.23. The Balaban J connectivity index is 1.63. The van der Waals surface area contributed by atoms with Crippen molar-refractivity contribution in [1.29, 1.82) is 0 Å². The van der Waals surface area contributed by atoms with E-state index in [0.717, 1.165) is 49.5 Å². The van der Waals surface area contributed by atoms with Gasteiger partial charge in [0.05, 0.1) is 23.8 Å². The zero-order chi connectivity index (χ0) is 15.6. The van der Waals surface area contributed by atoms with Gasteiger partial charge >= 0.3 is 0 Å². The summed E-state index contributed by atoms with van der Waals surface area (Å²) in [5.41, 5.74) is 3.70. The molecule has 3 aromatic rings. The van der Waals surface area contributed by atoms with E-state index in [0.29, 0.717) is 10.9 Å². The average molecular weight is 329 g/mol. The largest absolute Gasteiger partial charge is 0.436 e. The van der Waals surface area contributed by atoms with Gasteiger partial charge in [-0.25, -0.2) is 4.98 Å². The number of hydrogen-bond acceptors (Lipinski definition) is 4. The number of aromatic nitrogens is 1. The Morgan fingerprint density at radius 1 is 1.09 bits per heavy atom. The van der Waals surface area contributed by atoms with Crippen LogP contribution in [0.4, 0.5) is 0 Å². The first kappa shape index (κ1) is 14.7. The highest BCUT2D eigenvalue weighted by molar-refractivity contribution is 6.33. The van der Waals surface area contributed by atoms with Crippen LogP contribution in [0, 0.1) is 0 Å². The highest BCUT2D eigenvalue weighted by Gasteiger charge is 2.14. The Morgan fingerprint density at radius 2 is 1.91 bits per heavy atom. The van der Waals surface area contributed by atoms with Crippen LogP contribution in [0.2, 0.25) is 5.02 Å². The first-order valence-electron chi connectivity index (χ1n) is 7.74. The van der Waals surface area contributed by atoms with E-state index in [1.165, 1.54) is 5.56 Å². The molecule has 23 heavy (non-hydrogen) atoms. The summed E-state index contributed by atoms with van der Waals surface area (Å²) in [5, 5.41) is 0.646. The second kappa shape index (κ2) is 6.32. The molecule has 0 radical (unpaired) electrons. The van der Waals surface area contributed by atoms with Crippen LogP contribution in [0.1, 0.15) is 5.56 Å². The molecular formula is C18H17ClN2O2. The predicted molar refractivity (Wildman–Crippen MR) is 90.6 cm³/mol. The molecule has 1 saturated heterocycles. The maximum atomic E-state index is 6.23. The first-order valence-corrected chi connectivity index (χ1v) is 8.12. The zero-order valence-corrected chi connectivity index (χ0v) is 13.4. The Kier molecular flexibility index (Phi) is 4.04. The van der Waals surface area contributed by atoms with Crippen molar-refractivity contribution < 1.29 is 9.15 Å². The van der Waals surface area contributed by atoms with Crippen molar-refractivity contribution in [3.8, 4) is 11.5 Å². The predicted octanol–water partition coefficient (Wildman–Crippen LogP) is 3.98. The van der Waals surface area contributed by atoms with E-state index in [4.69, 9.17) is 20.8 Å². The van der Waals surface area contributed by atoms with Crippen LogP contribution in [-0.4, -0.2) is 36.2 Å². The fraction of sp³-hybridized carbons (Fsp3) is 0.278. The lowest BCUT2D eigenvalue weighted by Gasteiger charge is -2.26. The number of halogens is 1. The van der Waals surface area contributed by atoms with E-state index >= 15 is 0 Å². The SMILES string of the molecule is Clc1ccccc1-c1nc2cc(CN3CCOCC3)ccc2o1. The monoisotopic (exact) mass is 328 g/mol. The molecule has 0 spiro atoms. The maximum Gasteiger partial charge on any atom is 0.228 e. The molecule has 0 unspecified atom stereocenters. The summed E-state index contributed by atoms with van der Waals surface area (Å²) >= 11 is 6.23. The van der Waals surface area contributed by atoms with Crippen molar-refractivity contribution in [2.75, 3.05) is 26.3 Å². The van der Waals surface area contributed by atoms with E-state index in [1.54, 1.807) is 0 Å². The van der Waals surface area contributed by atoms with Crippen molar-refractivity contribution in [1.82, 2.24) is 9.88 Å². The van der Waals surface area contributed by atoms with Crippen molar-refractivity contribution in [2.45, 2.75) is 6.54 Å². The molecule has 1 aliphatic rings. The second-order valence-electron chi connectivity index (χ2n) is 5.69.